The van der Waals surface area contributed by atoms with Crippen molar-refractivity contribution in [2.75, 3.05) is 19.7 Å². The van der Waals surface area contributed by atoms with Gasteiger partial charge in [0.2, 0.25) is 0 Å². The van der Waals surface area contributed by atoms with Gasteiger partial charge in [-0.05, 0) is 31.9 Å². The van der Waals surface area contributed by atoms with Gasteiger partial charge < -0.3 is 10.4 Å². The highest BCUT2D eigenvalue weighted by molar-refractivity contribution is 4.77. The predicted octanol–water partition coefficient (Wildman–Crippen LogP) is 0.635. The molecule has 0 saturated carbocycles. The summed E-state index contributed by atoms with van der Waals surface area (Å²) in [6.45, 7) is 3.22. The quantitative estimate of drug-likeness (QED) is 0.601. The summed E-state index contributed by atoms with van der Waals surface area (Å²) in [4.78, 5) is 0. The van der Waals surface area contributed by atoms with E-state index in [1.807, 2.05) is 16.9 Å². The van der Waals surface area contributed by atoms with Crippen LogP contribution < -0.4 is 5.32 Å². The lowest BCUT2D eigenvalue weighted by molar-refractivity contribution is 0.283. The van der Waals surface area contributed by atoms with Crippen molar-refractivity contribution in [3.63, 3.8) is 0 Å². The number of aromatic nitrogens is 2. The fraction of sp³-hybridized carbons (Fsp3) is 0.700. The van der Waals surface area contributed by atoms with Crippen LogP contribution in [-0.2, 0) is 6.54 Å². The van der Waals surface area contributed by atoms with E-state index in [-0.39, 0.29) is 0 Å². The van der Waals surface area contributed by atoms with E-state index in [0.29, 0.717) is 6.61 Å². The maximum Gasteiger partial charge on any atom is 0.0533 e. The summed E-state index contributed by atoms with van der Waals surface area (Å²) >= 11 is 0. The van der Waals surface area contributed by atoms with E-state index in [0.717, 1.165) is 38.9 Å². The average molecular weight is 197 g/mol. The molecule has 0 aliphatic carbocycles. The van der Waals surface area contributed by atoms with Crippen LogP contribution in [0.15, 0.2) is 18.5 Å². The second kappa shape index (κ2) is 7.53. The fourth-order valence-electron chi connectivity index (χ4n) is 1.29. The Hall–Kier alpha value is -0.870. The second-order valence-corrected chi connectivity index (χ2v) is 3.30. The van der Waals surface area contributed by atoms with E-state index in [9.17, 15) is 0 Å². The molecule has 0 unspecified atom stereocenters. The van der Waals surface area contributed by atoms with E-state index in [4.69, 9.17) is 5.11 Å². The molecule has 0 amide bonds. The summed E-state index contributed by atoms with van der Waals surface area (Å²) < 4.78 is 1.92. The van der Waals surface area contributed by atoms with Crippen molar-refractivity contribution < 1.29 is 5.11 Å². The smallest absolute Gasteiger partial charge is 0.0533 e. The number of rotatable bonds is 8. The Morgan fingerprint density at radius 3 is 2.86 bits per heavy atom. The Bertz CT molecular complexity index is 211. The zero-order chi connectivity index (χ0) is 10.1. The monoisotopic (exact) mass is 197 g/mol. The van der Waals surface area contributed by atoms with Gasteiger partial charge in [-0.3, -0.25) is 4.68 Å². The zero-order valence-electron chi connectivity index (χ0n) is 8.52. The normalized spacial score (nSPS) is 10.6. The van der Waals surface area contributed by atoms with E-state index in [2.05, 4.69) is 10.4 Å². The van der Waals surface area contributed by atoms with Gasteiger partial charge in [-0.15, -0.1) is 0 Å². The van der Waals surface area contributed by atoms with Crippen molar-refractivity contribution in [2.24, 2.45) is 0 Å². The van der Waals surface area contributed by atoms with Gasteiger partial charge in [0.25, 0.3) is 0 Å². The van der Waals surface area contributed by atoms with E-state index in [1.54, 1.807) is 6.20 Å². The van der Waals surface area contributed by atoms with Gasteiger partial charge >= 0.3 is 0 Å². The number of aliphatic hydroxyl groups excluding tert-OH is 1. The second-order valence-electron chi connectivity index (χ2n) is 3.30. The maximum absolute atomic E-state index is 8.56. The molecule has 0 aromatic carbocycles. The molecular formula is C10H19N3O. The molecule has 1 aromatic rings. The van der Waals surface area contributed by atoms with E-state index < -0.39 is 0 Å². The molecule has 4 heteroatoms. The Morgan fingerprint density at radius 1 is 1.21 bits per heavy atom. The summed E-state index contributed by atoms with van der Waals surface area (Å²) in [6.07, 6.45) is 6.92. The molecule has 1 heterocycles. The molecule has 0 bridgehead atoms. The largest absolute Gasteiger partial charge is 0.396 e. The molecule has 0 atom stereocenters. The molecule has 0 spiro atoms. The first kappa shape index (κ1) is 11.2. The van der Waals surface area contributed by atoms with Gasteiger partial charge in [0.15, 0.2) is 0 Å². The molecule has 0 aliphatic rings. The molecule has 2 N–H and O–H groups in total. The van der Waals surface area contributed by atoms with Crippen LogP contribution in [-0.4, -0.2) is 34.6 Å². The molecule has 1 aromatic heterocycles. The summed E-state index contributed by atoms with van der Waals surface area (Å²) in [5.74, 6) is 0. The van der Waals surface area contributed by atoms with Crippen LogP contribution >= 0.6 is 0 Å². The maximum atomic E-state index is 8.56. The van der Waals surface area contributed by atoms with Crippen molar-refractivity contribution in [1.29, 1.82) is 0 Å². The number of aliphatic hydroxyl groups is 1. The molecule has 4 nitrogen and oxygen atoms in total. The lowest BCUT2D eigenvalue weighted by Crippen LogP contribution is -2.21. The third-order valence-corrected chi connectivity index (χ3v) is 2.09. The third-order valence-electron chi connectivity index (χ3n) is 2.09. The first-order valence-corrected chi connectivity index (χ1v) is 5.22. The van der Waals surface area contributed by atoms with Crippen LogP contribution in [0.2, 0.25) is 0 Å². The van der Waals surface area contributed by atoms with Gasteiger partial charge in [-0.1, -0.05) is 0 Å². The van der Waals surface area contributed by atoms with Crippen molar-refractivity contribution in [3.8, 4) is 0 Å². The van der Waals surface area contributed by atoms with Crippen LogP contribution in [0.1, 0.15) is 19.3 Å². The summed E-state index contributed by atoms with van der Waals surface area (Å²) in [5.41, 5.74) is 0. The Balaban J connectivity index is 1.85. The summed E-state index contributed by atoms with van der Waals surface area (Å²) in [6, 6.07) is 1.93. The topological polar surface area (TPSA) is 50.1 Å². The third kappa shape index (κ3) is 4.99. The van der Waals surface area contributed by atoms with E-state index >= 15 is 0 Å². The average Bonchev–Trinajstić information content (AvgIpc) is 2.69. The molecule has 0 fully saturated rings. The number of hydrogen-bond donors (Lipinski definition) is 2. The molecule has 14 heavy (non-hydrogen) atoms. The Morgan fingerprint density at radius 2 is 2.14 bits per heavy atom. The van der Waals surface area contributed by atoms with Gasteiger partial charge in [0.1, 0.15) is 0 Å². The summed E-state index contributed by atoms with van der Waals surface area (Å²) in [5, 5.41) is 16.0. The highest BCUT2D eigenvalue weighted by Gasteiger charge is 1.90. The minimum Gasteiger partial charge on any atom is -0.396 e. The minimum atomic E-state index is 0.313. The lowest BCUT2D eigenvalue weighted by Gasteiger charge is -2.04. The van der Waals surface area contributed by atoms with Crippen LogP contribution in [0.4, 0.5) is 0 Å². The van der Waals surface area contributed by atoms with Crippen molar-refractivity contribution in [1.82, 2.24) is 15.1 Å². The molecule has 0 saturated heterocycles. The molecule has 80 valence electrons. The standard InChI is InChI=1S/C10H19N3O/c14-10-3-1-2-5-11-7-9-13-8-4-6-12-13/h4,6,8,11,14H,1-3,5,7,9-10H2. The SMILES string of the molecule is OCCCCCNCCn1cccn1. The van der Waals surface area contributed by atoms with Crippen LogP contribution in [0.5, 0.6) is 0 Å². The van der Waals surface area contributed by atoms with Crippen molar-refractivity contribution in [3.05, 3.63) is 18.5 Å². The first-order chi connectivity index (χ1) is 6.93. The molecule has 1 rings (SSSR count). The first-order valence-electron chi connectivity index (χ1n) is 5.22. The number of nitrogens with zero attached hydrogens (tertiary/aromatic N) is 2. The van der Waals surface area contributed by atoms with E-state index in [1.165, 1.54) is 0 Å². The Labute approximate surface area is 84.9 Å². The summed E-state index contributed by atoms with van der Waals surface area (Å²) in [7, 11) is 0. The number of hydrogen-bond acceptors (Lipinski definition) is 3. The van der Waals surface area contributed by atoms with Gasteiger partial charge in [-0.2, -0.15) is 5.10 Å². The fourth-order valence-corrected chi connectivity index (χ4v) is 1.29. The Kier molecular flexibility index (Phi) is 6.02. The lowest BCUT2D eigenvalue weighted by atomic mass is 10.2. The minimum absolute atomic E-state index is 0.313. The van der Waals surface area contributed by atoms with Gasteiger partial charge in [-0.25, -0.2) is 0 Å². The van der Waals surface area contributed by atoms with Gasteiger partial charge in [0.05, 0.1) is 6.54 Å². The molecule has 0 aliphatic heterocycles. The predicted molar refractivity (Wildman–Crippen MR) is 56.0 cm³/mol. The highest BCUT2D eigenvalue weighted by atomic mass is 16.2. The van der Waals surface area contributed by atoms with Crippen LogP contribution in [0.25, 0.3) is 0 Å². The number of nitrogens with one attached hydrogen (secondary N) is 1. The molecule has 0 radical (unpaired) electrons. The van der Waals surface area contributed by atoms with Crippen molar-refractivity contribution in [2.45, 2.75) is 25.8 Å². The van der Waals surface area contributed by atoms with Crippen LogP contribution in [0.3, 0.4) is 0 Å². The van der Waals surface area contributed by atoms with Crippen LogP contribution in [0, 0.1) is 0 Å². The highest BCUT2D eigenvalue weighted by Crippen LogP contribution is 1.91. The van der Waals surface area contributed by atoms with Gasteiger partial charge in [0, 0.05) is 25.5 Å². The number of unbranched alkanes of at least 4 members (excludes halogenated alkanes) is 2. The molecular weight excluding hydrogens is 178 g/mol. The zero-order valence-corrected chi connectivity index (χ0v) is 8.52. The van der Waals surface area contributed by atoms with Crippen molar-refractivity contribution >= 4 is 0 Å².